The number of unbranched alkanes of at least 4 members (excludes halogenated alkanes) is 2. The van der Waals surface area contributed by atoms with E-state index in [4.69, 9.17) is 15.7 Å². The second-order valence-corrected chi connectivity index (χ2v) is 3.15. The summed E-state index contributed by atoms with van der Waals surface area (Å²) in [4.78, 5) is 0. The minimum atomic E-state index is -0.371. The van der Waals surface area contributed by atoms with Gasteiger partial charge in [0.1, 0.15) is 11.6 Å². The van der Waals surface area contributed by atoms with Gasteiger partial charge < -0.3 is 10.5 Å². The maximum absolute atomic E-state index is 12.7. The molecular formula is C11H13FN2O. The van der Waals surface area contributed by atoms with Crippen molar-refractivity contribution in [3.63, 3.8) is 0 Å². The van der Waals surface area contributed by atoms with Gasteiger partial charge in [0.05, 0.1) is 18.4 Å². The van der Waals surface area contributed by atoms with Crippen molar-refractivity contribution >= 4 is 5.69 Å². The molecule has 15 heavy (non-hydrogen) atoms. The average Bonchev–Trinajstić information content (AvgIpc) is 2.20. The second kappa shape index (κ2) is 5.86. The maximum Gasteiger partial charge on any atom is 0.142 e. The van der Waals surface area contributed by atoms with Crippen LogP contribution in [0.2, 0.25) is 0 Å². The molecule has 4 heteroatoms. The third kappa shape index (κ3) is 3.86. The van der Waals surface area contributed by atoms with Crippen LogP contribution in [0, 0.1) is 17.1 Å². The van der Waals surface area contributed by atoms with Gasteiger partial charge in [-0.2, -0.15) is 5.26 Å². The van der Waals surface area contributed by atoms with Gasteiger partial charge in [-0.3, -0.25) is 0 Å². The minimum Gasteiger partial charge on any atom is -0.491 e. The van der Waals surface area contributed by atoms with E-state index < -0.39 is 0 Å². The average molecular weight is 208 g/mol. The summed E-state index contributed by atoms with van der Waals surface area (Å²) in [5.41, 5.74) is 5.85. The molecular weight excluding hydrogens is 195 g/mol. The van der Waals surface area contributed by atoms with Crippen LogP contribution in [0.25, 0.3) is 0 Å². The third-order valence-corrected chi connectivity index (χ3v) is 1.91. The predicted octanol–water partition coefficient (Wildman–Crippen LogP) is 2.48. The molecule has 3 nitrogen and oxygen atoms in total. The first-order valence-electron chi connectivity index (χ1n) is 4.79. The first-order valence-corrected chi connectivity index (χ1v) is 4.79. The molecule has 0 saturated heterocycles. The number of ether oxygens (including phenoxy) is 1. The molecule has 0 saturated carbocycles. The maximum atomic E-state index is 12.7. The van der Waals surface area contributed by atoms with Crippen LogP contribution in [0.15, 0.2) is 18.2 Å². The Bertz CT molecular complexity index is 360. The molecule has 0 bridgehead atoms. The fourth-order valence-corrected chi connectivity index (χ4v) is 1.14. The van der Waals surface area contributed by atoms with E-state index in [-0.39, 0.29) is 5.82 Å². The van der Waals surface area contributed by atoms with Crippen molar-refractivity contribution in [3.05, 3.63) is 24.0 Å². The van der Waals surface area contributed by atoms with Gasteiger partial charge in [0, 0.05) is 12.5 Å². The number of nitriles is 1. The number of benzene rings is 1. The van der Waals surface area contributed by atoms with Gasteiger partial charge in [0.25, 0.3) is 0 Å². The van der Waals surface area contributed by atoms with Crippen molar-refractivity contribution in [2.24, 2.45) is 0 Å². The molecule has 0 radical (unpaired) electrons. The number of nitrogens with zero attached hydrogens (tertiary/aromatic N) is 1. The van der Waals surface area contributed by atoms with Gasteiger partial charge in [-0.1, -0.05) is 0 Å². The number of anilines is 1. The van der Waals surface area contributed by atoms with Crippen LogP contribution in [0.3, 0.4) is 0 Å². The quantitative estimate of drug-likeness (QED) is 0.597. The molecule has 0 aliphatic heterocycles. The zero-order valence-electron chi connectivity index (χ0n) is 8.37. The largest absolute Gasteiger partial charge is 0.491 e. The lowest BCUT2D eigenvalue weighted by molar-refractivity contribution is 0.309. The second-order valence-electron chi connectivity index (χ2n) is 3.15. The Labute approximate surface area is 88.3 Å². The number of hydrogen-bond acceptors (Lipinski definition) is 3. The lowest BCUT2D eigenvalue weighted by Gasteiger charge is -2.07. The first kappa shape index (κ1) is 11.3. The van der Waals surface area contributed by atoms with Crippen LogP contribution in [0.5, 0.6) is 5.75 Å². The van der Waals surface area contributed by atoms with Gasteiger partial charge in [-0.05, 0) is 25.0 Å². The predicted molar refractivity (Wildman–Crippen MR) is 55.8 cm³/mol. The monoisotopic (exact) mass is 208 g/mol. The summed E-state index contributed by atoms with van der Waals surface area (Å²) in [6.07, 6.45) is 2.13. The molecule has 1 aromatic rings. The summed E-state index contributed by atoms with van der Waals surface area (Å²) < 4.78 is 18.0. The van der Waals surface area contributed by atoms with Crippen LogP contribution in [0.1, 0.15) is 19.3 Å². The molecule has 0 fully saturated rings. The number of halogens is 1. The minimum absolute atomic E-state index is 0.301. The molecule has 0 amide bonds. The molecule has 0 aliphatic carbocycles. The van der Waals surface area contributed by atoms with E-state index in [9.17, 15) is 4.39 Å². The topological polar surface area (TPSA) is 59.0 Å². The summed E-state index contributed by atoms with van der Waals surface area (Å²) in [6, 6.07) is 6.10. The number of nitrogens with two attached hydrogens (primary N) is 1. The fraction of sp³-hybridized carbons (Fsp3) is 0.364. The van der Waals surface area contributed by atoms with E-state index >= 15 is 0 Å². The van der Waals surface area contributed by atoms with Crippen molar-refractivity contribution in [2.45, 2.75) is 19.3 Å². The van der Waals surface area contributed by atoms with Gasteiger partial charge in [-0.25, -0.2) is 4.39 Å². The van der Waals surface area contributed by atoms with E-state index in [0.29, 0.717) is 24.5 Å². The molecule has 80 valence electrons. The van der Waals surface area contributed by atoms with Crippen LogP contribution >= 0.6 is 0 Å². The van der Waals surface area contributed by atoms with Gasteiger partial charge in [0.2, 0.25) is 0 Å². The molecule has 1 aromatic carbocycles. The van der Waals surface area contributed by atoms with Crippen molar-refractivity contribution in [1.29, 1.82) is 5.26 Å². The Kier molecular flexibility index (Phi) is 4.42. The third-order valence-electron chi connectivity index (χ3n) is 1.91. The van der Waals surface area contributed by atoms with E-state index in [1.54, 1.807) is 0 Å². The summed E-state index contributed by atoms with van der Waals surface area (Å²) in [5, 5.41) is 8.30. The van der Waals surface area contributed by atoms with Crippen molar-refractivity contribution in [1.82, 2.24) is 0 Å². The Balaban J connectivity index is 2.35. The molecule has 0 aliphatic rings. The Morgan fingerprint density at radius 1 is 1.40 bits per heavy atom. The molecule has 0 spiro atoms. The SMILES string of the molecule is N#CCCCCOc1ccc(F)cc1N. The smallest absolute Gasteiger partial charge is 0.142 e. The zero-order chi connectivity index (χ0) is 11.1. The first-order chi connectivity index (χ1) is 7.24. The summed E-state index contributed by atoms with van der Waals surface area (Å²) >= 11 is 0. The molecule has 0 heterocycles. The van der Waals surface area contributed by atoms with Crippen LogP contribution < -0.4 is 10.5 Å². The van der Waals surface area contributed by atoms with Gasteiger partial charge in [0.15, 0.2) is 0 Å². The molecule has 0 aromatic heterocycles. The normalized spacial score (nSPS) is 9.60. The van der Waals surface area contributed by atoms with Crippen molar-refractivity contribution in [3.8, 4) is 11.8 Å². The van der Waals surface area contributed by atoms with Crippen molar-refractivity contribution in [2.75, 3.05) is 12.3 Å². The van der Waals surface area contributed by atoms with Crippen LogP contribution in [-0.2, 0) is 0 Å². The number of rotatable bonds is 5. The van der Waals surface area contributed by atoms with Crippen molar-refractivity contribution < 1.29 is 9.13 Å². The van der Waals surface area contributed by atoms with E-state index in [0.717, 1.165) is 12.8 Å². The van der Waals surface area contributed by atoms with Gasteiger partial charge >= 0.3 is 0 Å². The summed E-state index contributed by atoms with van der Waals surface area (Å²) in [6.45, 7) is 0.498. The molecule has 0 unspecified atom stereocenters. The highest BCUT2D eigenvalue weighted by atomic mass is 19.1. The highest BCUT2D eigenvalue weighted by molar-refractivity contribution is 5.52. The van der Waals surface area contributed by atoms with Crippen LogP contribution in [0.4, 0.5) is 10.1 Å². The van der Waals surface area contributed by atoms with Crippen LogP contribution in [-0.4, -0.2) is 6.61 Å². The Hall–Kier alpha value is -1.76. The van der Waals surface area contributed by atoms with Gasteiger partial charge in [-0.15, -0.1) is 0 Å². The van der Waals surface area contributed by atoms with E-state index in [1.165, 1.54) is 18.2 Å². The molecule has 2 N–H and O–H groups in total. The molecule has 0 atom stereocenters. The lowest BCUT2D eigenvalue weighted by Crippen LogP contribution is -2.00. The lowest BCUT2D eigenvalue weighted by atomic mass is 10.2. The van der Waals surface area contributed by atoms with E-state index in [2.05, 4.69) is 6.07 Å². The van der Waals surface area contributed by atoms with E-state index in [1.807, 2.05) is 0 Å². The summed E-state index contributed by atoms with van der Waals surface area (Å²) in [7, 11) is 0. The highest BCUT2D eigenvalue weighted by Gasteiger charge is 2.01. The Morgan fingerprint density at radius 2 is 2.20 bits per heavy atom. The highest BCUT2D eigenvalue weighted by Crippen LogP contribution is 2.21. The Morgan fingerprint density at radius 3 is 2.87 bits per heavy atom. The standard InChI is InChI=1S/C11H13FN2O/c12-9-4-5-11(10(14)8-9)15-7-3-1-2-6-13/h4-5,8H,1-3,7,14H2. The zero-order valence-corrected chi connectivity index (χ0v) is 8.37. The summed E-state index contributed by atoms with van der Waals surface area (Å²) in [5.74, 6) is 0.123. The number of hydrogen-bond donors (Lipinski definition) is 1. The number of nitrogen functional groups attached to an aromatic ring is 1. The molecule has 1 rings (SSSR count). The fourth-order valence-electron chi connectivity index (χ4n) is 1.14.